The Hall–Kier alpha value is -2.81. The van der Waals surface area contributed by atoms with Crippen LogP contribution in [0.3, 0.4) is 0 Å². The summed E-state index contributed by atoms with van der Waals surface area (Å²) in [7, 11) is 1.43. The fourth-order valence-corrected chi connectivity index (χ4v) is 2.56. The Morgan fingerprint density at radius 3 is 2.56 bits per heavy atom. The van der Waals surface area contributed by atoms with E-state index in [1.807, 2.05) is 0 Å². The van der Waals surface area contributed by atoms with Crippen molar-refractivity contribution >= 4 is 41.1 Å². The molecule has 1 saturated heterocycles. The van der Waals surface area contributed by atoms with Gasteiger partial charge < -0.3 is 20.1 Å². The number of rotatable bonds is 6. The van der Waals surface area contributed by atoms with E-state index in [0.29, 0.717) is 16.5 Å². The first-order valence-corrected chi connectivity index (χ1v) is 8.41. The number of nitrogens with zero attached hydrogens (tertiary/aromatic N) is 1. The van der Waals surface area contributed by atoms with Crippen molar-refractivity contribution in [2.45, 2.75) is 32.4 Å². The molecule has 10 heteroatoms. The lowest BCUT2D eigenvalue weighted by Crippen LogP contribution is -2.42. The summed E-state index contributed by atoms with van der Waals surface area (Å²) in [4.78, 5) is 48.9. The summed E-state index contributed by atoms with van der Waals surface area (Å²) in [6, 6.07) is 3.97. The number of carbonyl (C=O) groups excluding carboxylic acids is 4. The molecule has 146 valence electrons. The zero-order chi connectivity index (χ0) is 20.4. The van der Waals surface area contributed by atoms with E-state index in [0.717, 1.165) is 4.90 Å². The van der Waals surface area contributed by atoms with Crippen LogP contribution >= 0.6 is 11.6 Å². The predicted octanol–water partition coefficient (Wildman–Crippen LogP) is 1.55. The quantitative estimate of drug-likeness (QED) is 0.556. The number of ether oxygens (including phenoxy) is 2. The molecular weight excluding hydrogens is 378 g/mol. The fraction of sp³-hybridized carbons (Fsp3) is 0.412. The summed E-state index contributed by atoms with van der Waals surface area (Å²) in [5.41, 5.74) is -0.780. The third kappa shape index (κ3) is 4.68. The molecule has 1 aliphatic heterocycles. The van der Waals surface area contributed by atoms with Gasteiger partial charge in [0.1, 0.15) is 17.8 Å². The number of methoxy groups -OCH3 is 1. The van der Waals surface area contributed by atoms with Gasteiger partial charge in [-0.3, -0.25) is 19.3 Å². The van der Waals surface area contributed by atoms with E-state index in [-0.39, 0.29) is 0 Å². The maximum atomic E-state index is 12.2. The van der Waals surface area contributed by atoms with Crippen molar-refractivity contribution in [3.05, 3.63) is 23.2 Å². The summed E-state index contributed by atoms with van der Waals surface area (Å²) in [5, 5.41) is 5.38. The van der Waals surface area contributed by atoms with Crippen LogP contribution in [-0.2, 0) is 19.1 Å². The summed E-state index contributed by atoms with van der Waals surface area (Å²) >= 11 is 5.90. The van der Waals surface area contributed by atoms with Crippen LogP contribution in [-0.4, -0.2) is 54.0 Å². The first-order valence-electron chi connectivity index (χ1n) is 8.03. The number of anilines is 1. The number of carbonyl (C=O) groups is 4. The Kier molecular flexibility index (Phi) is 5.94. The van der Waals surface area contributed by atoms with Crippen LogP contribution < -0.4 is 15.4 Å². The topological polar surface area (TPSA) is 114 Å². The lowest BCUT2D eigenvalue weighted by Gasteiger charge is -2.18. The van der Waals surface area contributed by atoms with E-state index in [4.69, 9.17) is 21.1 Å². The molecule has 2 rings (SSSR count). The Balaban J connectivity index is 1.96. The fourth-order valence-electron chi connectivity index (χ4n) is 2.39. The highest BCUT2D eigenvalue weighted by molar-refractivity contribution is 6.31. The highest BCUT2D eigenvalue weighted by Crippen LogP contribution is 2.27. The van der Waals surface area contributed by atoms with E-state index >= 15 is 0 Å². The van der Waals surface area contributed by atoms with Crippen LogP contribution in [0.5, 0.6) is 5.75 Å². The standard InChI is InChI=1S/C17H20ClN3O6/c1-9(14(23)19-11-7-10(18)5-6-12(11)26-4)27-13(22)8-21-15(24)17(2,3)20-16(21)25/h5-7,9H,8H2,1-4H3,(H,19,23)(H,20,25)/t9-/m0/s1. The molecule has 1 aromatic carbocycles. The number of benzene rings is 1. The van der Waals surface area contributed by atoms with Gasteiger partial charge in [-0.15, -0.1) is 0 Å². The van der Waals surface area contributed by atoms with Crippen LogP contribution in [0.1, 0.15) is 20.8 Å². The summed E-state index contributed by atoms with van der Waals surface area (Å²) in [5.74, 6) is -1.68. The van der Waals surface area contributed by atoms with Crippen molar-refractivity contribution in [3.8, 4) is 5.75 Å². The van der Waals surface area contributed by atoms with Crippen molar-refractivity contribution in [1.82, 2.24) is 10.2 Å². The lowest BCUT2D eigenvalue weighted by molar-refractivity contribution is -0.155. The molecule has 0 bridgehead atoms. The zero-order valence-corrected chi connectivity index (χ0v) is 16.0. The summed E-state index contributed by atoms with van der Waals surface area (Å²) in [6.07, 6.45) is -1.17. The van der Waals surface area contributed by atoms with Gasteiger partial charge in [0, 0.05) is 5.02 Å². The first kappa shape index (κ1) is 20.5. The highest BCUT2D eigenvalue weighted by Gasteiger charge is 2.45. The number of hydrogen-bond acceptors (Lipinski definition) is 6. The van der Waals surface area contributed by atoms with Crippen LogP contribution in [0.15, 0.2) is 18.2 Å². The minimum Gasteiger partial charge on any atom is -0.495 e. The third-order valence-corrected chi connectivity index (χ3v) is 4.06. The molecule has 9 nitrogen and oxygen atoms in total. The van der Waals surface area contributed by atoms with E-state index < -0.39 is 42.0 Å². The molecule has 0 aliphatic carbocycles. The number of hydrogen-bond donors (Lipinski definition) is 2. The van der Waals surface area contributed by atoms with Crippen molar-refractivity contribution < 1.29 is 28.7 Å². The maximum absolute atomic E-state index is 12.2. The zero-order valence-electron chi connectivity index (χ0n) is 15.3. The van der Waals surface area contributed by atoms with Gasteiger partial charge in [0.05, 0.1) is 12.8 Å². The Labute approximate surface area is 160 Å². The van der Waals surface area contributed by atoms with E-state index in [1.54, 1.807) is 12.1 Å². The molecule has 1 aromatic rings. The average molecular weight is 398 g/mol. The second kappa shape index (κ2) is 7.83. The number of nitrogens with one attached hydrogen (secondary N) is 2. The summed E-state index contributed by atoms with van der Waals surface area (Å²) in [6.45, 7) is 3.81. The predicted molar refractivity (Wildman–Crippen MR) is 96.5 cm³/mol. The first-order chi connectivity index (χ1) is 12.5. The molecule has 27 heavy (non-hydrogen) atoms. The second-order valence-electron chi connectivity index (χ2n) is 6.41. The number of halogens is 1. The second-order valence-corrected chi connectivity index (χ2v) is 6.85. The Bertz CT molecular complexity index is 795. The van der Waals surface area contributed by atoms with Crippen LogP contribution in [0, 0.1) is 0 Å². The molecule has 2 N–H and O–H groups in total. The molecule has 0 spiro atoms. The molecule has 0 radical (unpaired) electrons. The molecule has 1 fully saturated rings. The normalized spacial score (nSPS) is 16.6. The smallest absolute Gasteiger partial charge is 0.327 e. The van der Waals surface area contributed by atoms with Crippen molar-refractivity contribution in [2.75, 3.05) is 19.0 Å². The average Bonchev–Trinajstić information content (AvgIpc) is 2.76. The van der Waals surface area contributed by atoms with Gasteiger partial charge in [-0.2, -0.15) is 0 Å². The molecular formula is C17H20ClN3O6. The van der Waals surface area contributed by atoms with E-state index in [2.05, 4.69) is 10.6 Å². The largest absolute Gasteiger partial charge is 0.495 e. The van der Waals surface area contributed by atoms with Gasteiger partial charge in [-0.1, -0.05) is 11.6 Å². The van der Waals surface area contributed by atoms with E-state index in [9.17, 15) is 19.2 Å². The molecule has 0 saturated carbocycles. The van der Waals surface area contributed by atoms with Gasteiger partial charge in [0.2, 0.25) is 0 Å². The molecule has 1 heterocycles. The SMILES string of the molecule is COc1ccc(Cl)cc1NC(=O)[C@H](C)OC(=O)CN1C(=O)NC(C)(C)C1=O. The van der Waals surface area contributed by atoms with Crippen LogP contribution in [0.4, 0.5) is 10.5 Å². The van der Waals surface area contributed by atoms with E-state index in [1.165, 1.54) is 33.9 Å². The van der Waals surface area contributed by atoms with Gasteiger partial charge in [-0.05, 0) is 39.0 Å². The van der Waals surface area contributed by atoms with Gasteiger partial charge in [0.25, 0.3) is 11.8 Å². The minimum absolute atomic E-state index is 0.314. The number of esters is 1. The molecule has 1 atom stereocenters. The molecule has 0 unspecified atom stereocenters. The monoisotopic (exact) mass is 397 g/mol. The Morgan fingerprint density at radius 1 is 1.33 bits per heavy atom. The van der Waals surface area contributed by atoms with Crippen molar-refractivity contribution in [2.24, 2.45) is 0 Å². The molecule has 0 aromatic heterocycles. The third-order valence-electron chi connectivity index (χ3n) is 3.83. The Morgan fingerprint density at radius 2 is 2.00 bits per heavy atom. The van der Waals surface area contributed by atoms with Crippen LogP contribution in [0.2, 0.25) is 5.02 Å². The van der Waals surface area contributed by atoms with Gasteiger partial charge in [-0.25, -0.2) is 4.79 Å². The summed E-state index contributed by atoms with van der Waals surface area (Å²) < 4.78 is 10.1. The van der Waals surface area contributed by atoms with Crippen molar-refractivity contribution in [3.63, 3.8) is 0 Å². The maximum Gasteiger partial charge on any atom is 0.327 e. The van der Waals surface area contributed by atoms with Crippen molar-refractivity contribution in [1.29, 1.82) is 0 Å². The lowest BCUT2D eigenvalue weighted by atomic mass is 10.1. The molecule has 1 aliphatic rings. The van der Waals surface area contributed by atoms with Crippen LogP contribution in [0.25, 0.3) is 0 Å². The minimum atomic E-state index is -1.17. The molecule has 4 amide bonds. The number of imide groups is 1. The number of amides is 4. The van der Waals surface area contributed by atoms with Gasteiger partial charge >= 0.3 is 12.0 Å². The highest BCUT2D eigenvalue weighted by atomic mass is 35.5. The van der Waals surface area contributed by atoms with Gasteiger partial charge in [0.15, 0.2) is 6.10 Å². The number of urea groups is 1.